The molecule has 6 atom stereocenters. The Bertz CT molecular complexity index is 2480. The summed E-state index contributed by atoms with van der Waals surface area (Å²) in [6.45, 7) is 0. The van der Waals surface area contributed by atoms with Crippen LogP contribution in [-0.2, 0) is 30.8 Å². The summed E-state index contributed by atoms with van der Waals surface area (Å²) in [6, 6.07) is 14.6. The van der Waals surface area contributed by atoms with Gasteiger partial charge in [-0.3, -0.25) is 24.6 Å². The lowest BCUT2D eigenvalue weighted by Crippen LogP contribution is -2.53. The van der Waals surface area contributed by atoms with Gasteiger partial charge in [0.25, 0.3) is 11.8 Å². The zero-order valence-electron chi connectivity index (χ0n) is 28.8. The van der Waals surface area contributed by atoms with Crippen molar-refractivity contribution in [2.24, 2.45) is 23.7 Å². The van der Waals surface area contributed by atoms with E-state index in [1.54, 1.807) is 30.3 Å². The van der Waals surface area contributed by atoms with Crippen molar-refractivity contribution < 1.29 is 52.5 Å². The van der Waals surface area contributed by atoms with Gasteiger partial charge in [0.2, 0.25) is 11.8 Å². The van der Waals surface area contributed by atoms with Crippen LogP contribution >= 0.6 is 39.1 Å². The molecule has 2 aliphatic heterocycles. The standard InChI is InChI=1S/C39H26BrCl2F3N4O8/c40-18-3-10-28(50)25(12-18)31-21-8-9-23-30(35(54)48(33(23)52)20-6-7-22(36(55)56)29(51)13-20)24(21)14-26-34(53)49(37(57)38(26,31)16-1-4-19(41)5-2-16)47-32-27(42)11-17(15-46-32)39(43,44)45/h1-8,10-13,15,23-24,26,30-31,50-51H,9,14H2,(H,46,47)(H,55,56)/t23-,24+,26-,30-,31+,38+/m0/s1. The number of aromatic nitrogens is 1. The van der Waals surface area contributed by atoms with Crippen LogP contribution in [0.2, 0.25) is 10.0 Å². The molecule has 3 aromatic carbocycles. The monoisotopic (exact) mass is 884 g/mol. The fraction of sp³-hybridized carbons (Fsp3) is 0.231. The molecule has 0 radical (unpaired) electrons. The number of fused-ring (bicyclic) bond motifs is 4. The van der Waals surface area contributed by atoms with Crippen molar-refractivity contribution in [1.29, 1.82) is 0 Å². The van der Waals surface area contributed by atoms with Gasteiger partial charge in [-0.2, -0.15) is 18.2 Å². The number of carbonyl (C=O) groups excluding carboxylic acids is 4. The van der Waals surface area contributed by atoms with Gasteiger partial charge in [0.05, 0.1) is 39.4 Å². The maximum atomic E-state index is 15.3. The highest BCUT2D eigenvalue weighted by Gasteiger charge is 2.70. The number of allylic oxidation sites excluding steroid dienone is 2. The molecule has 292 valence electrons. The first-order valence-corrected chi connectivity index (χ1v) is 18.8. The summed E-state index contributed by atoms with van der Waals surface area (Å²) in [7, 11) is 0. The van der Waals surface area contributed by atoms with Crippen LogP contribution in [0.1, 0.15) is 45.8 Å². The topological polar surface area (TPSA) is 177 Å². The van der Waals surface area contributed by atoms with E-state index in [-0.39, 0.29) is 29.8 Å². The molecule has 18 heteroatoms. The molecule has 2 saturated heterocycles. The summed E-state index contributed by atoms with van der Waals surface area (Å²) in [6.07, 6.45) is -2.76. The van der Waals surface area contributed by atoms with E-state index in [4.69, 9.17) is 23.2 Å². The van der Waals surface area contributed by atoms with E-state index in [1.807, 2.05) is 0 Å². The fourth-order valence-electron chi connectivity index (χ4n) is 8.98. The van der Waals surface area contributed by atoms with Gasteiger partial charge in [0.1, 0.15) is 17.1 Å². The van der Waals surface area contributed by atoms with E-state index in [0.29, 0.717) is 37.9 Å². The molecule has 0 unspecified atom stereocenters. The second kappa shape index (κ2) is 13.6. The molecule has 57 heavy (non-hydrogen) atoms. The number of imide groups is 2. The lowest BCUT2D eigenvalue weighted by molar-refractivity contribution is -0.139. The van der Waals surface area contributed by atoms with Gasteiger partial charge in [0, 0.05) is 33.2 Å². The van der Waals surface area contributed by atoms with Gasteiger partial charge in [-0.1, -0.05) is 62.9 Å². The van der Waals surface area contributed by atoms with E-state index in [0.717, 1.165) is 17.0 Å². The highest BCUT2D eigenvalue weighted by molar-refractivity contribution is 9.10. The van der Waals surface area contributed by atoms with Crippen LogP contribution in [0.4, 0.5) is 24.7 Å². The van der Waals surface area contributed by atoms with E-state index in [9.17, 15) is 47.7 Å². The minimum absolute atomic E-state index is 0.00141. The quantitative estimate of drug-likeness (QED) is 0.112. The second-order valence-corrected chi connectivity index (χ2v) is 15.9. The summed E-state index contributed by atoms with van der Waals surface area (Å²) in [5, 5.41) is 31.8. The van der Waals surface area contributed by atoms with Crippen LogP contribution in [0.5, 0.6) is 11.5 Å². The van der Waals surface area contributed by atoms with Gasteiger partial charge < -0.3 is 15.3 Å². The third kappa shape index (κ3) is 5.86. The summed E-state index contributed by atoms with van der Waals surface area (Å²) in [4.78, 5) is 74.8. The van der Waals surface area contributed by atoms with Crippen molar-refractivity contribution in [3.05, 3.63) is 121 Å². The van der Waals surface area contributed by atoms with E-state index in [2.05, 4.69) is 26.3 Å². The number of aromatic hydroxyl groups is 2. The number of aromatic carboxylic acids is 1. The first-order chi connectivity index (χ1) is 26.9. The molecule has 4 aliphatic rings. The predicted octanol–water partition coefficient (Wildman–Crippen LogP) is 7.47. The third-order valence-electron chi connectivity index (χ3n) is 11.3. The zero-order valence-corrected chi connectivity index (χ0v) is 31.9. The third-order valence-corrected chi connectivity index (χ3v) is 12.4. The minimum atomic E-state index is -4.79. The van der Waals surface area contributed by atoms with Crippen molar-refractivity contribution in [1.82, 2.24) is 9.99 Å². The minimum Gasteiger partial charge on any atom is -0.508 e. The number of alkyl halides is 3. The number of carboxylic acids is 1. The lowest BCUT2D eigenvalue weighted by atomic mass is 9.49. The Morgan fingerprint density at radius 2 is 1.63 bits per heavy atom. The number of carboxylic acid groups (broad SMARTS) is 1. The highest BCUT2D eigenvalue weighted by Crippen LogP contribution is 2.65. The van der Waals surface area contributed by atoms with Crippen LogP contribution in [-0.4, -0.2) is 54.9 Å². The Kier molecular flexibility index (Phi) is 9.16. The van der Waals surface area contributed by atoms with Gasteiger partial charge in [-0.05, 0) is 72.9 Å². The van der Waals surface area contributed by atoms with Crippen LogP contribution in [0.25, 0.3) is 0 Å². The summed E-state index contributed by atoms with van der Waals surface area (Å²) in [5.74, 6) is -11.3. The second-order valence-electron chi connectivity index (χ2n) is 14.1. The van der Waals surface area contributed by atoms with Crippen molar-refractivity contribution >= 4 is 80.2 Å². The number of amides is 4. The Labute approximate surface area is 338 Å². The van der Waals surface area contributed by atoms with Gasteiger partial charge >= 0.3 is 12.1 Å². The molecule has 0 bridgehead atoms. The largest absolute Gasteiger partial charge is 0.508 e. The molecular formula is C39H26BrCl2F3N4O8. The van der Waals surface area contributed by atoms with Gasteiger partial charge in [-0.15, -0.1) is 0 Å². The van der Waals surface area contributed by atoms with Gasteiger partial charge in [-0.25, -0.2) is 14.7 Å². The molecule has 0 spiro atoms. The first-order valence-electron chi connectivity index (χ1n) is 17.2. The van der Waals surface area contributed by atoms with Crippen LogP contribution < -0.4 is 10.3 Å². The molecule has 2 aliphatic carbocycles. The molecule has 4 amide bonds. The number of anilines is 2. The number of benzene rings is 3. The Hall–Kier alpha value is -5.45. The SMILES string of the molecule is O=C(O)c1ccc(N2C(=O)[C@H]3[C@H](CC=C4[C@H]3C[C@H]3C(=O)N(Nc5ncc(C(F)(F)F)cc5Cl)C(=O)[C@@]3(c3ccc(Cl)cc3)[C@H]4c3cc(Br)ccc3O)C2=O)cc1O. The van der Waals surface area contributed by atoms with Crippen molar-refractivity contribution in [3.63, 3.8) is 0 Å². The molecule has 12 nitrogen and oxygen atoms in total. The highest BCUT2D eigenvalue weighted by atomic mass is 79.9. The molecule has 1 aromatic heterocycles. The summed E-state index contributed by atoms with van der Waals surface area (Å²) < 4.78 is 40.9. The van der Waals surface area contributed by atoms with Crippen molar-refractivity contribution in [2.45, 2.75) is 30.4 Å². The van der Waals surface area contributed by atoms with Crippen LogP contribution in [0.3, 0.4) is 0 Å². The van der Waals surface area contributed by atoms with E-state index in [1.165, 1.54) is 24.3 Å². The smallest absolute Gasteiger partial charge is 0.417 e. The molecule has 4 N–H and O–H groups in total. The lowest BCUT2D eigenvalue weighted by Gasteiger charge is -2.50. The van der Waals surface area contributed by atoms with E-state index < -0.39 is 98.5 Å². The Morgan fingerprint density at radius 1 is 0.912 bits per heavy atom. The zero-order chi connectivity index (χ0) is 40.9. The Balaban J connectivity index is 1.30. The molecular weight excluding hydrogens is 860 g/mol. The number of carbonyl (C=O) groups is 5. The number of phenols is 2. The van der Waals surface area contributed by atoms with Crippen LogP contribution in [0, 0.1) is 23.7 Å². The van der Waals surface area contributed by atoms with Gasteiger partial charge in [0.15, 0.2) is 5.82 Å². The molecule has 3 fully saturated rings. The fourth-order valence-corrected chi connectivity index (χ4v) is 9.69. The number of hydrazine groups is 1. The molecule has 8 rings (SSSR count). The molecule has 1 saturated carbocycles. The summed E-state index contributed by atoms with van der Waals surface area (Å²) in [5.41, 5.74) is -0.0700. The normalized spacial score (nSPS) is 25.6. The number of phenolic OH excluding ortho intramolecular Hbond substituents is 1. The van der Waals surface area contributed by atoms with E-state index >= 15 is 4.79 Å². The Morgan fingerprint density at radius 3 is 2.28 bits per heavy atom. The molecule has 4 aromatic rings. The van der Waals surface area contributed by atoms with Crippen molar-refractivity contribution in [2.75, 3.05) is 10.3 Å². The summed E-state index contributed by atoms with van der Waals surface area (Å²) >= 11 is 16.0. The predicted molar refractivity (Wildman–Crippen MR) is 200 cm³/mol. The number of nitrogens with one attached hydrogen (secondary N) is 1. The van der Waals surface area contributed by atoms with Crippen molar-refractivity contribution in [3.8, 4) is 11.5 Å². The average molecular weight is 886 g/mol. The number of nitrogens with zero attached hydrogens (tertiary/aromatic N) is 3. The maximum Gasteiger partial charge on any atom is 0.417 e. The maximum absolute atomic E-state index is 15.3. The number of pyridine rings is 1. The van der Waals surface area contributed by atoms with Crippen LogP contribution in [0.15, 0.2) is 89.0 Å². The number of rotatable bonds is 6. The average Bonchev–Trinajstić information content (AvgIpc) is 3.53. The number of hydrogen-bond donors (Lipinski definition) is 4. The number of halogens is 6. The molecule has 3 heterocycles. The number of hydrogen-bond acceptors (Lipinski definition) is 9. The first kappa shape index (κ1) is 38.4.